The Kier molecular flexibility index (Phi) is 18.2. The maximum atomic E-state index is 5.26. The third-order valence-corrected chi connectivity index (χ3v) is 4.49. The first-order valence-corrected chi connectivity index (χ1v) is 10.1. The Balaban J connectivity index is 3.51. The summed E-state index contributed by atoms with van der Waals surface area (Å²) in [5.41, 5.74) is 1.53. The molecule has 1 heteroatoms. The van der Waals surface area contributed by atoms with Crippen LogP contribution in [0.4, 0.5) is 0 Å². The molecule has 0 N–H and O–H groups in total. The van der Waals surface area contributed by atoms with Crippen molar-refractivity contribution in [2.24, 2.45) is 0 Å². The first-order chi connectivity index (χ1) is 10.8. The van der Waals surface area contributed by atoms with Crippen LogP contribution in [-0.2, 0) is 4.74 Å². The van der Waals surface area contributed by atoms with Gasteiger partial charge in [0.15, 0.2) is 0 Å². The van der Waals surface area contributed by atoms with E-state index in [0.29, 0.717) is 0 Å². The zero-order valence-electron chi connectivity index (χ0n) is 15.8. The van der Waals surface area contributed by atoms with Crippen molar-refractivity contribution in [3.8, 4) is 0 Å². The molecule has 132 valence electrons. The fraction of sp³-hybridized carbons (Fsp3) is 0.905. The van der Waals surface area contributed by atoms with Crippen molar-refractivity contribution < 1.29 is 4.74 Å². The van der Waals surface area contributed by atoms with E-state index in [-0.39, 0.29) is 0 Å². The highest BCUT2D eigenvalue weighted by Gasteiger charge is 2.00. The third kappa shape index (κ3) is 15.9. The predicted molar refractivity (Wildman–Crippen MR) is 100 cm³/mol. The molecule has 1 nitrogen and oxygen atoms in total. The second-order valence-electron chi connectivity index (χ2n) is 6.75. The van der Waals surface area contributed by atoms with Gasteiger partial charge in [-0.3, -0.25) is 0 Å². The minimum Gasteiger partial charge on any atom is -0.504 e. The molecule has 0 rings (SSSR count). The van der Waals surface area contributed by atoms with Gasteiger partial charge in [-0.1, -0.05) is 90.9 Å². The lowest BCUT2D eigenvalue weighted by atomic mass is 10.0. The number of ether oxygens (including phenoxy) is 1. The molecule has 0 saturated carbocycles. The molecule has 0 aromatic rings. The Morgan fingerprint density at radius 3 is 1.32 bits per heavy atom. The molecule has 0 heterocycles. The Morgan fingerprint density at radius 2 is 0.955 bits per heavy atom. The van der Waals surface area contributed by atoms with Gasteiger partial charge < -0.3 is 4.74 Å². The van der Waals surface area contributed by atoms with Crippen LogP contribution in [0.2, 0.25) is 0 Å². The SMILES string of the molecule is CCCCCCCCCC(=COC)CCCCCCCCC. The lowest BCUT2D eigenvalue weighted by Gasteiger charge is -2.08. The molecule has 0 unspecified atom stereocenters. The summed E-state index contributed by atoms with van der Waals surface area (Å²) in [5, 5.41) is 0. The largest absolute Gasteiger partial charge is 0.504 e. The molecule has 0 radical (unpaired) electrons. The van der Waals surface area contributed by atoms with Gasteiger partial charge in [0.05, 0.1) is 13.4 Å². The summed E-state index contributed by atoms with van der Waals surface area (Å²) in [6, 6.07) is 0. The Morgan fingerprint density at radius 1 is 0.591 bits per heavy atom. The van der Waals surface area contributed by atoms with Crippen molar-refractivity contribution >= 4 is 0 Å². The molecule has 0 aromatic heterocycles. The summed E-state index contributed by atoms with van der Waals surface area (Å²) in [4.78, 5) is 0. The molecular formula is C21H42O. The van der Waals surface area contributed by atoms with Gasteiger partial charge in [-0.15, -0.1) is 0 Å². The van der Waals surface area contributed by atoms with Crippen molar-refractivity contribution in [3.05, 3.63) is 11.8 Å². The van der Waals surface area contributed by atoms with Gasteiger partial charge in [0.1, 0.15) is 0 Å². The van der Waals surface area contributed by atoms with Gasteiger partial charge in [0.25, 0.3) is 0 Å². The Hall–Kier alpha value is -0.460. The lowest BCUT2D eigenvalue weighted by Crippen LogP contribution is -1.89. The Labute approximate surface area is 140 Å². The maximum absolute atomic E-state index is 5.26. The maximum Gasteiger partial charge on any atom is 0.0816 e. The van der Waals surface area contributed by atoms with Gasteiger partial charge in [-0.25, -0.2) is 0 Å². The van der Waals surface area contributed by atoms with Crippen molar-refractivity contribution in [1.82, 2.24) is 0 Å². The molecule has 0 saturated heterocycles. The molecule has 0 aliphatic heterocycles. The summed E-state index contributed by atoms with van der Waals surface area (Å²) in [7, 11) is 1.79. The minimum atomic E-state index is 1.25. The fourth-order valence-electron chi connectivity index (χ4n) is 3.03. The quantitative estimate of drug-likeness (QED) is 0.197. The van der Waals surface area contributed by atoms with Crippen molar-refractivity contribution in [2.45, 2.75) is 117 Å². The number of hydrogen-bond acceptors (Lipinski definition) is 1. The molecular weight excluding hydrogens is 268 g/mol. The highest BCUT2D eigenvalue weighted by molar-refractivity contribution is 4.97. The van der Waals surface area contributed by atoms with E-state index < -0.39 is 0 Å². The molecule has 0 aromatic carbocycles. The first kappa shape index (κ1) is 21.5. The molecule has 0 aliphatic carbocycles. The smallest absolute Gasteiger partial charge is 0.0816 e. The number of rotatable bonds is 17. The first-order valence-electron chi connectivity index (χ1n) is 10.1. The highest BCUT2D eigenvalue weighted by Crippen LogP contribution is 2.18. The van der Waals surface area contributed by atoms with E-state index in [1.54, 1.807) is 7.11 Å². The second kappa shape index (κ2) is 18.6. The number of allylic oxidation sites excluding steroid dienone is 1. The minimum absolute atomic E-state index is 1.25. The summed E-state index contributed by atoms with van der Waals surface area (Å²) in [5.74, 6) is 0. The third-order valence-electron chi connectivity index (χ3n) is 4.49. The summed E-state index contributed by atoms with van der Waals surface area (Å²) in [6.45, 7) is 4.57. The summed E-state index contributed by atoms with van der Waals surface area (Å²) >= 11 is 0. The zero-order valence-corrected chi connectivity index (χ0v) is 15.8. The van der Waals surface area contributed by atoms with Crippen LogP contribution >= 0.6 is 0 Å². The average Bonchev–Trinajstić information content (AvgIpc) is 2.53. The fourth-order valence-corrected chi connectivity index (χ4v) is 3.03. The van der Waals surface area contributed by atoms with E-state index in [2.05, 4.69) is 13.8 Å². The topological polar surface area (TPSA) is 9.23 Å². The van der Waals surface area contributed by atoms with Crippen LogP contribution in [0.25, 0.3) is 0 Å². The van der Waals surface area contributed by atoms with Crippen molar-refractivity contribution in [2.75, 3.05) is 7.11 Å². The van der Waals surface area contributed by atoms with Crippen LogP contribution in [0, 0.1) is 0 Å². The molecule has 0 atom stereocenters. The normalized spacial score (nSPS) is 10.7. The number of hydrogen-bond donors (Lipinski definition) is 0. The van der Waals surface area contributed by atoms with E-state index in [1.807, 2.05) is 6.26 Å². The van der Waals surface area contributed by atoms with Crippen LogP contribution in [-0.4, -0.2) is 7.11 Å². The van der Waals surface area contributed by atoms with E-state index in [9.17, 15) is 0 Å². The standard InChI is InChI=1S/C21H42O/c1-4-6-8-10-12-14-16-18-21(20-22-3)19-17-15-13-11-9-7-5-2/h20H,4-19H2,1-3H3. The molecule has 0 amide bonds. The highest BCUT2D eigenvalue weighted by atomic mass is 16.5. The van der Waals surface area contributed by atoms with Crippen molar-refractivity contribution in [1.29, 1.82) is 0 Å². The molecule has 22 heavy (non-hydrogen) atoms. The molecule has 0 fully saturated rings. The summed E-state index contributed by atoms with van der Waals surface area (Å²) < 4.78 is 5.26. The number of unbranched alkanes of at least 4 members (excludes halogenated alkanes) is 12. The summed E-state index contributed by atoms with van der Waals surface area (Å²) in [6.07, 6.45) is 24.0. The van der Waals surface area contributed by atoms with E-state index >= 15 is 0 Å². The van der Waals surface area contributed by atoms with Gasteiger partial charge in [-0.05, 0) is 31.3 Å². The second-order valence-corrected chi connectivity index (χ2v) is 6.75. The number of methoxy groups -OCH3 is 1. The van der Waals surface area contributed by atoms with Crippen LogP contribution in [0.1, 0.15) is 117 Å². The van der Waals surface area contributed by atoms with Gasteiger partial charge in [0.2, 0.25) is 0 Å². The molecule has 0 aliphatic rings. The van der Waals surface area contributed by atoms with Crippen LogP contribution in [0.5, 0.6) is 0 Å². The Bertz CT molecular complexity index is 212. The predicted octanol–water partition coefficient (Wildman–Crippen LogP) is 7.80. The van der Waals surface area contributed by atoms with Crippen molar-refractivity contribution in [3.63, 3.8) is 0 Å². The van der Waals surface area contributed by atoms with Crippen LogP contribution in [0.3, 0.4) is 0 Å². The van der Waals surface area contributed by atoms with Crippen LogP contribution < -0.4 is 0 Å². The van der Waals surface area contributed by atoms with Gasteiger partial charge in [0, 0.05) is 0 Å². The molecule has 0 spiro atoms. The van der Waals surface area contributed by atoms with E-state index in [0.717, 1.165) is 0 Å². The van der Waals surface area contributed by atoms with Crippen LogP contribution in [0.15, 0.2) is 11.8 Å². The lowest BCUT2D eigenvalue weighted by molar-refractivity contribution is 0.330. The van der Waals surface area contributed by atoms with E-state index in [1.165, 1.54) is 108 Å². The van der Waals surface area contributed by atoms with Gasteiger partial charge >= 0.3 is 0 Å². The van der Waals surface area contributed by atoms with E-state index in [4.69, 9.17) is 4.74 Å². The average molecular weight is 311 g/mol. The monoisotopic (exact) mass is 310 g/mol. The zero-order chi connectivity index (χ0) is 16.3. The van der Waals surface area contributed by atoms with Gasteiger partial charge in [-0.2, -0.15) is 0 Å². The molecule has 0 bridgehead atoms.